The summed E-state index contributed by atoms with van der Waals surface area (Å²) in [6, 6.07) is 14.3. The fourth-order valence-electron chi connectivity index (χ4n) is 3.72. The number of anilines is 1. The van der Waals surface area contributed by atoms with Crippen molar-refractivity contribution < 1.29 is 18.7 Å². The first-order valence-corrected chi connectivity index (χ1v) is 13.4. The molecule has 1 N–H and O–H groups in total. The van der Waals surface area contributed by atoms with E-state index in [-0.39, 0.29) is 12.2 Å². The molecule has 1 amide bonds. The van der Waals surface area contributed by atoms with E-state index in [0.717, 1.165) is 4.47 Å². The number of nitrogens with zero attached hydrogens (tertiary/aromatic N) is 3. The van der Waals surface area contributed by atoms with Crippen LogP contribution in [0.1, 0.15) is 32.2 Å². The predicted octanol–water partition coefficient (Wildman–Crippen LogP) is 6.27. The van der Waals surface area contributed by atoms with Gasteiger partial charge in [-0.3, -0.25) is 9.59 Å². The van der Waals surface area contributed by atoms with Gasteiger partial charge in [-0.05, 0) is 70.0 Å². The standard InChI is InChI=1S/C28H25Br2FN4O4/c1-28(2,3)27-34-22-9-8-17(29)12-20(22)26(37)35(27)32-14-16-10-21(30)25(23(11-16)38-4)39-15-24(36)33-19-7-5-6-18(31)13-19/h5-14H,15H2,1-4H3,(H,33,36). The van der Waals surface area contributed by atoms with Crippen molar-refractivity contribution in [1.82, 2.24) is 9.66 Å². The molecule has 0 spiro atoms. The van der Waals surface area contributed by atoms with E-state index in [1.54, 1.807) is 30.3 Å². The number of carbonyl (C=O) groups is 1. The van der Waals surface area contributed by atoms with Crippen molar-refractivity contribution in [1.29, 1.82) is 0 Å². The molecule has 0 saturated heterocycles. The molecule has 39 heavy (non-hydrogen) atoms. The number of amides is 1. The van der Waals surface area contributed by atoms with Crippen LogP contribution in [-0.4, -0.2) is 35.5 Å². The van der Waals surface area contributed by atoms with Gasteiger partial charge in [-0.25, -0.2) is 9.37 Å². The van der Waals surface area contributed by atoms with E-state index in [1.807, 2.05) is 26.8 Å². The maximum atomic E-state index is 13.4. The molecule has 0 aliphatic heterocycles. The van der Waals surface area contributed by atoms with Gasteiger partial charge in [0.15, 0.2) is 18.1 Å². The molecule has 0 aliphatic rings. The van der Waals surface area contributed by atoms with Crippen molar-refractivity contribution in [3.8, 4) is 11.5 Å². The summed E-state index contributed by atoms with van der Waals surface area (Å²) in [5.74, 6) is 0.223. The lowest BCUT2D eigenvalue weighted by atomic mass is 9.95. The Bertz CT molecular complexity index is 1650. The van der Waals surface area contributed by atoms with E-state index in [9.17, 15) is 14.0 Å². The Kier molecular flexibility index (Phi) is 8.51. The smallest absolute Gasteiger partial charge is 0.282 e. The van der Waals surface area contributed by atoms with Crippen LogP contribution in [0.4, 0.5) is 10.1 Å². The van der Waals surface area contributed by atoms with Crippen LogP contribution in [0.2, 0.25) is 0 Å². The van der Waals surface area contributed by atoms with E-state index < -0.39 is 17.1 Å². The quantitative estimate of drug-likeness (QED) is 0.236. The number of methoxy groups -OCH3 is 1. The van der Waals surface area contributed by atoms with Gasteiger partial charge < -0.3 is 14.8 Å². The zero-order valence-corrected chi connectivity index (χ0v) is 24.8. The summed E-state index contributed by atoms with van der Waals surface area (Å²) in [6.45, 7) is 5.55. The molecule has 1 heterocycles. The second-order valence-corrected chi connectivity index (χ2v) is 11.4. The molecular formula is C28H25Br2FN4O4. The molecule has 0 aliphatic carbocycles. The van der Waals surface area contributed by atoms with Crippen molar-refractivity contribution in [2.45, 2.75) is 26.2 Å². The highest BCUT2D eigenvalue weighted by atomic mass is 79.9. The number of hydrogen-bond donors (Lipinski definition) is 1. The Morgan fingerprint density at radius 1 is 1.15 bits per heavy atom. The second kappa shape index (κ2) is 11.7. The second-order valence-electron chi connectivity index (χ2n) is 9.59. The molecule has 0 bridgehead atoms. The first-order valence-electron chi connectivity index (χ1n) is 11.8. The first kappa shape index (κ1) is 28.4. The third-order valence-electron chi connectivity index (χ3n) is 5.51. The van der Waals surface area contributed by atoms with Crippen LogP contribution in [0.15, 0.2) is 73.4 Å². The molecule has 0 saturated carbocycles. The lowest BCUT2D eigenvalue weighted by Gasteiger charge is -2.21. The Balaban J connectivity index is 1.62. The zero-order valence-electron chi connectivity index (χ0n) is 21.6. The normalized spacial score (nSPS) is 11.7. The lowest BCUT2D eigenvalue weighted by Crippen LogP contribution is -2.29. The van der Waals surface area contributed by atoms with E-state index in [4.69, 9.17) is 14.5 Å². The maximum absolute atomic E-state index is 13.4. The molecule has 11 heteroatoms. The summed E-state index contributed by atoms with van der Waals surface area (Å²) in [7, 11) is 1.47. The Labute approximate surface area is 241 Å². The molecule has 202 valence electrons. The maximum Gasteiger partial charge on any atom is 0.282 e. The highest BCUT2D eigenvalue weighted by Crippen LogP contribution is 2.36. The van der Waals surface area contributed by atoms with Gasteiger partial charge in [0, 0.05) is 15.6 Å². The number of nitrogens with one attached hydrogen (secondary N) is 1. The topological polar surface area (TPSA) is 94.8 Å². The van der Waals surface area contributed by atoms with Crippen molar-refractivity contribution in [2.75, 3.05) is 19.0 Å². The summed E-state index contributed by atoms with van der Waals surface area (Å²) in [5, 5.41) is 7.50. The van der Waals surface area contributed by atoms with Gasteiger partial charge in [-0.2, -0.15) is 9.78 Å². The molecule has 4 rings (SSSR count). The van der Waals surface area contributed by atoms with Crippen molar-refractivity contribution >= 4 is 60.6 Å². The van der Waals surface area contributed by atoms with Crippen LogP contribution in [0, 0.1) is 5.82 Å². The van der Waals surface area contributed by atoms with Gasteiger partial charge in [-0.1, -0.05) is 42.8 Å². The van der Waals surface area contributed by atoms with Crippen molar-refractivity contribution in [2.24, 2.45) is 5.10 Å². The van der Waals surface area contributed by atoms with Crippen LogP contribution in [0.5, 0.6) is 11.5 Å². The zero-order chi connectivity index (χ0) is 28.3. The van der Waals surface area contributed by atoms with Crippen molar-refractivity contribution in [3.63, 3.8) is 0 Å². The summed E-state index contributed by atoms with van der Waals surface area (Å²) in [6.07, 6.45) is 1.52. The molecule has 0 unspecified atom stereocenters. The van der Waals surface area contributed by atoms with Gasteiger partial charge in [0.25, 0.3) is 11.5 Å². The molecule has 0 fully saturated rings. The number of aromatic nitrogens is 2. The number of hydrogen-bond acceptors (Lipinski definition) is 6. The minimum absolute atomic E-state index is 0.294. The van der Waals surface area contributed by atoms with Crippen LogP contribution in [-0.2, 0) is 10.2 Å². The Hall–Kier alpha value is -3.57. The molecule has 3 aromatic carbocycles. The van der Waals surface area contributed by atoms with Crippen LogP contribution >= 0.6 is 31.9 Å². The summed E-state index contributed by atoms with van der Waals surface area (Å²) in [4.78, 5) is 30.4. The summed E-state index contributed by atoms with van der Waals surface area (Å²) in [5.41, 5.74) is 0.766. The summed E-state index contributed by atoms with van der Waals surface area (Å²) < 4.78 is 27.1. The van der Waals surface area contributed by atoms with Crippen LogP contribution in [0.3, 0.4) is 0 Å². The number of halogens is 3. The van der Waals surface area contributed by atoms with Gasteiger partial charge in [-0.15, -0.1) is 0 Å². The van der Waals surface area contributed by atoms with Crippen LogP contribution < -0.4 is 20.3 Å². The number of carbonyl (C=O) groups excluding carboxylic acids is 1. The lowest BCUT2D eigenvalue weighted by molar-refractivity contribution is -0.118. The van der Waals surface area contributed by atoms with E-state index >= 15 is 0 Å². The van der Waals surface area contributed by atoms with E-state index in [2.05, 4.69) is 42.3 Å². The molecule has 4 aromatic rings. The summed E-state index contributed by atoms with van der Waals surface area (Å²) >= 11 is 6.87. The third kappa shape index (κ3) is 6.72. The Morgan fingerprint density at radius 2 is 1.92 bits per heavy atom. The largest absolute Gasteiger partial charge is 0.493 e. The highest BCUT2D eigenvalue weighted by molar-refractivity contribution is 9.10. The molecule has 0 radical (unpaired) electrons. The first-order chi connectivity index (χ1) is 18.5. The van der Waals surface area contributed by atoms with Gasteiger partial charge in [0.2, 0.25) is 0 Å². The molecular weight excluding hydrogens is 635 g/mol. The highest BCUT2D eigenvalue weighted by Gasteiger charge is 2.23. The van der Waals surface area contributed by atoms with Crippen molar-refractivity contribution in [3.05, 3.63) is 91.1 Å². The SMILES string of the molecule is COc1cc(C=Nn2c(C(C)(C)C)nc3ccc(Br)cc3c2=O)cc(Br)c1OCC(=O)Nc1cccc(F)c1. The number of fused-ring (bicyclic) bond motifs is 1. The van der Waals surface area contributed by atoms with Gasteiger partial charge in [0.05, 0.1) is 28.7 Å². The number of rotatable bonds is 7. The minimum atomic E-state index is -0.468. The Morgan fingerprint density at radius 3 is 2.62 bits per heavy atom. The average molecular weight is 660 g/mol. The molecule has 8 nitrogen and oxygen atoms in total. The fourth-order valence-corrected chi connectivity index (χ4v) is 4.66. The van der Waals surface area contributed by atoms with Gasteiger partial charge >= 0.3 is 0 Å². The van der Waals surface area contributed by atoms with Crippen LogP contribution in [0.25, 0.3) is 10.9 Å². The molecule has 0 atom stereocenters. The molecule has 1 aromatic heterocycles. The van der Waals surface area contributed by atoms with E-state index in [0.29, 0.717) is 43.9 Å². The number of benzene rings is 3. The number of ether oxygens (including phenoxy) is 2. The predicted molar refractivity (Wildman–Crippen MR) is 157 cm³/mol. The minimum Gasteiger partial charge on any atom is -0.493 e. The average Bonchev–Trinajstić information content (AvgIpc) is 2.86. The van der Waals surface area contributed by atoms with Gasteiger partial charge in [0.1, 0.15) is 11.6 Å². The fraction of sp³-hybridized carbons (Fsp3) is 0.214. The monoisotopic (exact) mass is 658 g/mol. The third-order valence-corrected chi connectivity index (χ3v) is 6.59. The van der Waals surface area contributed by atoms with E-state index in [1.165, 1.54) is 36.2 Å².